The topological polar surface area (TPSA) is 60.9 Å². The molecule has 0 amide bonds. The largest absolute Gasteiger partial charge is 0.330 e. The first-order chi connectivity index (χ1) is 10.1. The molecule has 0 aliphatic carbocycles. The minimum Gasteiger partial charge on any atom is -0.330 e. The first-order valence-corrected chi connectivity index (χ1v) is 7.48. The van der Waals surface area contributed by atoms with Gasteiger partial charge in [0.2, 0.25) is 0 Å². The van der Waals surface area contributed by atoms with Crippen LogP contribution in [0, 0.1) is 6.92 Å². The number of aromatic nitrogens is 2. The highest BCUT2D eigenvalue weighted by molar-refractivity contribution is 6.32. The van der Waals surface area contributed by atoms with Crippen LogP contribution in [-0.2, 0) is 19.4 Å². The second-order valence-corrected chi connectivity index (χ2v) is 5.38. The first-order valence-electron chi connectivity index (χ1n) is 7.10. The molecule has 0 atom stereocenters. The molecule has 0 unspecified atom stereocenters. The SMILES string of the molecule is CCn1nc(C)c(Cl)c1CC(=O)c1ccc(CCN)cc1. The zero-order valence-corrected chi connectivity index (χ0v) is 13.2. The van der Waals surface area contributed by atoms with E-state index < -0.39 is 0 Å². The number of aryl methyl sites for hydroxylation is 2. The van der Waals surface area contributed by atoms with E-state index in [0.29, 0.717) is 23.7 Å². The van der Waals surface area contributed by atoms with Gasteiger partial charge in [-0.2, -0.15) is 5.10 Å². The van der Waals surface area contributed by atoms with Crippen LogP contribution in [0.1, 0.15) is 34.2 Å². The predicted molar refractivity (Wildman–Crippen MR) is 84.9 cm³/mol. The molecule has 1 heterocycles. The molecule has 0 aliphatic rings. The summed E-state index contributed by atoms with van der Waals surface area (Å²) in [5.74, 6) is 0.0470. The fourth-order valence-corrected chi connectivity index (χ4v) is 2.52. The normalized spacial score (nSPS) is 10.9. The van der Waals surface area contributed by atoms with E-state index in [1.807, 2.05) is 38.1 Å². The predicted octanol–water partition coefficient (Wildman–Crippen LogP) is 2.79. The molecule has 112 valence electrons. The molecule has 0 radical (unpaired) electrons. The lowest BCUT2D eigenvalue weighted by Crippen LogP contribution is -2.10. The number of ketones is 1. The third-order valence-corrected chi connectivity index (χ3v) is 3.98. The van der Waals surface area contributed by atoms with Crippen molar-refractivity contribution in [2.24, 2.45) is 5.73 Å². The van der Waals surface area contributed by atoms with Crippen LogP contribution in [0.3, 0.4) is 0 Å². The van der Waals surface area contributed by atoms with E-state index >= 15 is 0 Å². The zero-order valence-electron chi connectivity index (χ0n) is 12.4. The van der Waals surface area contributed by atoms with Crippen LogP contribution in [0.25, 0.3) is 0 Å². The first kappa shape index (κ1) is 15.7. The zero-order chi connectivity index (χ0) is 15.4. The second-order valence-electron chi connectivity index (χ2n) is 5.00. The van der Waals surface area contributed by atoms with E-state index in [1.54, 1.807) is 4.68 Å². The van der Waals surface area contributed by atoms with Gasteiger partial charge in [-0.3, -0.25) is 9.48 Å². The number of benzene rings is 1. The third-order valence-electron chi connectivity index (χ3n) is 3.49. The van der Waals surface area contributed by atoms with E-state index in [-0.39, 0.29) is 12.2 Å². The summed E-state index contributed by atoms with van der Waals surface area (Å²) < 4.78 is 1.79. The van der Waals surface area contributed by atoms with Crippen molar-refractivity contribution in [2.75, 3.05) is 6.54 Å². The Balaban J connectivity index is 2.18. The Kier molecular flexibility index (Phi) is 5.15. The van der Waals surface area contributed by atoms with E-state index in [0.717, 1.165) is 23.4 Å². The average Bonchev–Trinajstić information content (AvgIpc) is 2.76. The van der Waals surface area contributed by atoms with Gasteiger partial charge in [-0.25, -0.2) is 0 Å². The molecule has 2 rings (SSSR count). The van der Waals surface area contributed by atoms with E-state index in [4.69, 9.17) is 17.3 Å². The number of rotatable bonds is 6. The molecule has 2 N–H and O–H groups in total. The van der Waals surface area contributed by atoms with Crippen molar-refractivity contribution in [3.63, 3.8) is 0 Å². The van der Waals surface area contributed by atoms with E-state index in [1.165, 1.54) is 0 Å². The maximum absolute atomic E-state index is 12.4. The Morgan fingerprint density at radius 3 is 2.57 bits per heavy atom. The van der Waals surface area contributed by atoms with Gasteiger partial charge in [0, 0.05) is 12.1 Å². The van der Waals surface area contributed by atoms with Crippen molar-refractivity contribution in [1.82, 2.24) is 9.78 Å². The summed E-state index contributed by atoms with van der Waals surface area (Å²) in [7, 11) is 0. The van der Waals surface area contributed by atoms with Gasteiger partial charge in [-0.05, 0) is 32.4 Å². The van der Waals surface area contributed by atoms with Crippen molar-refractivity contribution < 1.29 is 4.79 Å². The van der Waals surface area contributed by atoms with Crippen LogP contribution in [0.5, 0.6) is 0 Å². The Morgan fingerprint density at radius 2 is 2.00 bits per heavy atom. The minimum absolute atomic E-state index is 0.0470. The highest BCUT2D eigenvalue weighted by atomic mass is 35.5. The summed E-state index contributed by atoms with van der Waals surface area (Å²) in [6.07, 6.45) is 1.09. The second kappa shape index (κ2) is 6.87. The minimum atomic E-state index is 0.0470. The van der Waals surface area contributed by atoms with Crippen molar-refractivity contribution >= 4 is 17.4 Å². The molecule has 21 heavy (non-hydrogen) atoms. The smallest absolute Gasteiger partial charge is 0.168 e. The van der Waals surface area contributed by atoms with Crippen LogP contribution in [0.4, 0.5) is 0 Å². The fourth-order valence-electron chi connectivity index (χ4n) is 2.32. The van der Waals surface area contributed by atoms with Gasteiger partial charge >= 0.3 is 0 Å². The summed E-state index contributed by atoms with van der Waals surface area (Å²) in [5.41, 5.74) is 8.90. The summed E-state index contributed by atoms with van der Waals surface area (Å²) in [6.45, 7) is 5.14. The van der Waals surface area contributed by atoms with Gasteiger partial charge in [0.15, 0.2) is 5.78 Å². The monoisotopic (exact) mass is 305 g/mol. The molecule has 0 fully saturated rings. The third kappa shape index (κ3) is 3.52. The van der Waals surface area contributed by atoms with Crippen LogP contribution >= 0.6 is 11.6 Å². The molecule has 0 aliphatic heterocycles. The molecule has 0 bridgehead atoms. The summed E-state index contributed by atoms with van der Waals surface area (Å²) >= 11 is 6.24. The quantitative estimate of drug-likeness (QED) is 0.835. The van der Waals surface area contributed by atoms with Gasteiger partial charge in [-0.15, -0.1) is 0 Å². The summed E-state index contributed by atoms with van der Waals surface area (Å²) in [6, 6.07) is 7.59. The van der Waals surface area contributed by atoms with E-state index in [9.17, 15) is 4.79 Å². The van der Waals surface area contributed by atoms with Crippen molar-refractivity contribution in [3.05, 3.63) is 51.8 Å². The number of hydrogen-bond donors (Lipinski definition) is 1. The molecule has 4 nitrogen and oxygen atoms in total. The molecule has 1 aromatic heterocycles. The van der Waals surface area contributed by atoms with E-state index in [2.05, 4.69) is 5.10 Å². The lowest BCUT2D eigenvalue weighted by Gasteiger charge is -2.06. The fraction of sp³-hybridized carbons (Fsp3) is 0.375. The molecule has 0 spiro atoms. The van der Waals surface area contributed by atoms with Crippen molar-refractivity contribution in [3.8, 4) is 0 Å². The van der Waals surface area contributed by atoms with Crippen LogP contribution in [-0.4, -0.2) is 22.1 Å². The highest BCUT2D eigenvalue weighted by Crippen LogP contribution is 2.22. The van der Waals surface area contributed by atoms with Gasteiger partial charge in [-0.1, -0.05) is 35.9 Å². The number of halogens is 1. The number of Topliss-reactive ketones (excluding diaryl/α,β-unsaturated/α-hetero) is 1. The molecular formula is C16H20ClN3O. The van der Waals surface area contributed by atoms with Gasteiger partial charge < -0.3 is 5.73 Å². The van der Waals surface area contributed by atoms with Crippen LogP contribution in [0.2, 0.25) is 5.02 Å². The summed E-state index contributed by atoms with van der Waals surface area (Å²) in [4.78, 5) is 12.4. The highest BCUT2D eigenvalue weighted by Gasteiger charge is 2.16. The number of hydrogen-bond acceptors (Lipinski definition) is 3. The maximum Gasteiger partial charge on any atom is 0.168 e. The summed E-state index contributed by atoms with van der Waals surface area (Å²) in [5, 5.41) is 4.92. The van der Waals surface area contributed by atoms with Gasteiger partial charge in [0.1, 0.15) is 0 Å². The van der Waals surface area contributed by atoms with Crippen molar-refractivity contribution in [2.45, 2.75) is 33.2 Å². The molecule has 0 saturated heterocycles. The molecule has 5 heteroatoms. The Morgan fingerprint density at radius 1 is 1.33 bits per heavy atom. The number of nitrogens with zero attached hydrogens (tertiary/aromatic N) is 2. The average molecular weight is 306 g/mol. The number of nitrogens with two attached hydrogens (primary N) is 1. The standard InChI is InChI=1S/C16H20ClN3O/c1-3-20-14(16(17)11(2)19-20)10-15(21)13-6-4-12(5-7-13)8-9-18/h4-7H,3,8-10,18H2,1-2H3. The molecular weight excluding hydrogens is 286 g/mol. The van der Waals surface area contributed by atoms with Crippen molar-refractivity contribution in [1.29, 1.82) is 0 Å². The van der Waals surface area contributed by atoms with Gasteiger partial charge in [0.25, 0.3) is 0 Å². The lowest BCUT2D eigenvalue weighted by atomic mass is 10.0. The van der Waals surface area contributed by atoms with Crippen LogP contribution in [0.15, 0.2) is 24.3 Å². The number of carbonyl (C=O) groups excluding carboxylic acids is 1. The Bertz CT molecular complexity index is 632. The molecule has 2 aromatic rings. The molecule has 0 saturated carbocycles. The van der Waals surface area contributed by atoms with Crippen LogP contribution < -0.4 is 5.73 Å². The number of carbonyl (C=O) groups is 1. The Labute approximate surface area is 129 Å². The maximum atomic E-state index is 12.4. The Hall–Kier alpha value is -1.65. The lowest BCUT2D eigenvalue weighted by molar-refractivity contribution is 0.0990. The molecule has 1 aromatic carbocycles. The van der Waals surface area contributed by atoms with Gasteiger partial charge in [0.05, 0.1) is 22.8 Å².